The summed E-state index contributed by atoms with van der Waals surface area (Å²) in [5.74, 6) is 0.689. The van der Waals surface area contributed by atoms with Crippen LogP contribution in [0.1, 0.15) is 4.88 Å². The maximum atomic E-state index is 12.5. The van der Waals surface area contributed by atoms with Crippen LogP contribution in [0.4, 0.5) is 0 Å². The average Bonchev–Trinajstić information content (AvgIpc) is 3.06. The van der Waals surface area contributed by atoms with Crippen LogP contribution in [0.25, 0.3) is 0 Å². The Hall–Kier alpha value is -1.12. The molecule has 0 saturated carbocycles. The van der Waals surface area contributed by atoms with Crippen molar-refractivity contribution in [2.24, 2.45) is 0 Å². The molecule has 0 radical (unpaired) electrons. The molecule has 2 heterocycles. The molecule has 0 aliphatic carbocycles. The minimum Gasteiger partial charge on any atom is -0.497 e. The molecule has 0 atom stereocenters. The molecule has 26 heavy (non-hydrogen) atoms. The molecule has 0 N–H and O–H groups in total. The third kappa shape index (κ3) is 5.20. The summed E-state index contributed by atoms with van der Waals surface area (Å²) in [6, 6.07) is 10.7. The van der Waals surface area contributed by atoms with Gasteiger partial charge in [0.1, 0.15) is 5.75 Å². The fraction of sp³-hybridized carbons (Fsp3) is 0.444. The van der Waals surface area contributed by atoms with E-state index in [1.165, 1.54) is 12.0 Å². The molecule has 1 aromatic heterocycles. The van der Waals surface area contributed by atoms with Crippen molar-refractivity contribution in [1.82, 2.24) is 9.80 Å². The van der Waals surface area contributed by atoms with E-state index >= 15 is 0 Å². The normalized spacial score (nSPS) is 16.7. The molecule has 1 aromatic carbocycles. The van der Waals surface area contributed by atoms with Crippen molar-refractivity contribution in [1.29, 1.82) is 0 Å². The third-order valence-electron chi connectivity index (χ3n) is 4.55. The van der Waals surface area contributed by atoms with Gasteiger partial charge in [-0.05, 0) is 30.3 Å². The van der Waals surface area contributed by atoms with Gasteiger partial charge >= 0.3 is 0 Å². The Bertz CT molecular complexity index is 830. The van der Waals surface area contributed by atoms with Gasteiger partial charge in [0, 0.05) is 44.1 Å². The van der Waals surface area contributed by atoms with Crippen molar-refractivity contribution in [3.8, 4) is 5.75 Å². The van der Waals surface area contributed by atoms with Crippen LogP contribution < -0.4 is 4.74 Å². The number of benzene rings is 1. The SMILES string of the molecule is COc1cccc(S(=O)(=O)CCN2CCN(Cc3ccc(Cl)s3)CC2)c1. The second-order valence-corrected chi connectivity index (χ2v) is 10.2. The first-order chi connectivity index (χ1) is 12.5. The van der Waals surface area contributed by atoms with Crippen LogP contribution in [0.3, 0.4) is 0 Å². The van der Waals surface area contributed by atoms with Gasteiger partial charge in [-0.3, -0.25) is 9.80 Å². The lowest BCUT2D eigenvalue weighted by molar-refractivity contribution is 0.133. The van der Waals surface area contributed by atoms with Crippen molar-refractivity contribution < 1.29 is 13.2 Å². The molecule has 1 aliphatic rings. The van der Waals surface area contributed by atoms with Gasteiger partial charge in [-0.15, -0.1) is 11.3 Å². The van der Waals surface area contributed by atoms with Gasteiger partial charge in [-0.1, -0.05) is 17.7 Å². The van der Waals surface area contributed by atoms with Crippen LogP contribution in [-0.2, 0) is 16.4 Å². The summed E-state index contributed by atoms with van der Waals surface area (Å²) < 4.78 is 31.0. The van der Waals surface area contributed by atoms with Gasteiger partial charge < -0.3 is 4.74 Å². The largest absolute Gasteiger partial charge is 0.497 e. The second-order valence-electron chi connectivity index (χ2n) is 6.32. The summed E-state index contributed by atoms with van der Waals surface area (Å²) in [6.45, 7) is 5.11. The Kier molecular flexibility index (Phi) is 6.58. The van der Waals surface area contributed by atoms with Gasteiger partial charge in [-0.2, -0.15) is 0 Å². The summed E-state index contributed by atoms with van der Waals surface area (Å²) >= 11 is 7.60. The van der Waals surface area contributed by atoms with Crippen LogP contribution >= 0.6 is 22.9 Å². The van der Waals surface area contributed by atoms with E-state index in [1.54, 1.807) is 35.6 Å². The lowest BCUT2D eigenvalue weighted by atomic mass is 10.3. The Morgan fingerprint density at radius 1 is 1.12 bits per heavy atom. The monoisotopic (exact) mass is 414 g/mol. The molecule has 0 bridgehead atoms. The van der Waals surface area contributed by atoms with Gasteiger partial charge in [-0.25, -0.2) is 8.42 Å². The Balaban J connectivity index is 1.48. The van der Waals surface area contributed by atoms with Crippen LogP contribution in [0, 0.1) is 0 Å². The maximum absolute atomic E-state index is 12.5. The van der Waals surface area contributed by atoms with Gasteiger partial charge in [0.25, 0.3) is 0 Å². The third-order valence-corrected chi connectivity index (χ3v) is 7.46. The number of sulfone groups is 1. The zero-order valence-electron chi connectivity index (χ0n) is 14.7. The minimum atomic E-state index is -3.30. The van der Waals surface area contributed by atoms with Crippen molar-refractivity contribution >= 4 is 32.8 Å². The molecule has 1 aliphatic heterocycles. The van der Waals surface area contributed by atoms with Crippen molar-refractivity contribution in [3.63, 3.8) is 0 Å². The van der Waals surface area contributed by atoms with Crippen LogP contribution in [0.15, 0.2) is 41.3 Å². The highest BCUT2D eigenvalue weighted by molar-refractivity contribution is 7.91. The summed E-state index contributed by atoms with van der Waals surface area (Å²) in [6.07, 6.45) is 0. The van der Waals surface area contributed by atoms with E-state index < -0.39 is 9.84 Å². The van der Waals surface area contributed by atoms with E-state index in [2.05, 4.69) is 15.9 Å². The smallest absolute Gasteiger partial charge is 0.179 e. The molecule has 1 fully saturated rings. The first kappa shape index (κ1) is 19.6. The number of rotatable bonds is 7. The average molecular weight is 415 g/mol. The summed E-state index contributed by atoms with van der Waals surface area (Å²) in [5, 5.41) is 0. The molecule has 8 heteroatoms. The lowest BCUT2D eigenvalue weighted by Crippen LogP contribution is -2.47. The number of hydrogen-bond acceptors (Lipinski definition) is 6. The maximum Gasteiger partial charge on any atom is 0.179 e. The highest BCUT2D eigenvalue weighted by atomic mass is 35.5. The van der Waals surface area contributed by atoms with E-state index in [0.29, 0.717) is 17.2 Å². The fourth-order valence-corrected chi connectivity index (χ4v) is 5.44. The van der Waals surface area contributed by atoms with Gasteiger partial charge in [0.05, 0.1) is 22.1 Å². The van der Waals surface area contributed by atoms with Gasteiger partial charge in [0.15, 0.2) is 9.84 Å². The quantitative estimate of drug-likeness (QED) is 0.697. The predicted molar refractivity (Wildman–Crippen MR) is 106 cm³/mol. The lowest BCUT2D eigenvalue weighted by Gasteiger charge is -2.34. The van der Waals surface area contributed by atoms with Crippen molar-refractivity contribution in [2.45, 2.75) is 11.4 Å². The summed E-state index contributed by atoms with van der Waals surface area (Å²) in [4.78, 5) is 6.19. The molecule has 0 amide bonds. The standard InChI is InChI=1S/C18H23ClN2O3S2/c1-24-15-3-2-4-17(13-15)26(22,23)12-11-20-7-9-21(10-8-20)14-16-5-6-18(19)25-16/h2-6,13H,7-12,14H2,1H3. The highest BCUT2D eigenvalue weighted by Crippen LogP contribution is 2.23. The van der Waals surface area contributed by atoms with E-state index in [1.807, 2.05) is 6.07 Å². The zero-order chi connectivity index (χ0) is 18.6. The van der Waals surface area contributed by atoms with E-state index in [9.17, 15) is 8.42 Å². The summed E-state index contributed by atoms with van der Waals surface area (Å²) in [7, 11) is -1.76. The first-order valence-corrected chi connectivity index (χ1v) is 11.4. The van der Waals surface area contributed by atoms with Crippen LogP contribution in [0.5, 0.6) is 5.75 Å². The van der Waals surface area contributed by atoms with E-state index in [0.717, 1.165) is 37.1 Å². The van der Waals surface area contributed by atoms with Crippen molar-refractivity contribution in [2.75, 3.05) is 45.6 Å². The predicted octanol–water partition coefficient (Wildman–Crippen LogP) is 3.00. The van der Waals surface area contributed by atoms with Crippen molar-refractivity contribution in [3.05, 3.63) is 45.6 Å². The Labute approximate surface area is 164 Å². The number of halogens is 1. The molecule has 0 spiro atoms. The Morgan fingerprint density at radius 3 is 2.50 bits per heavy atom. The molecular formula is C18H23ClN2O3S2. The highest BCUT2D eigenvalue weighted by Gasteiger charge is 2.21. The molecule has 0 unspecified atom stereocenters. The number of ether oxygens (including phenoxy) is 1. The molecular weight excluding hydrogens is 392 g/mol. The number of piperazine rings is 1. The number of thiophene rings is 1. The zero-order valence-corrected chi connectivity index (χ0v) is 17.1. The number of hydrogen-bond donors (Lipinski definition) is 0. The van der Waals surface area contributed by atoms with Crippen LogP contribution in [0.2, 0.25) is 4.34 Å². The van der Waals surface area contributed by atoms with E-state index in [4.69, 9.17) is 16.3 Å². The van der Waals surface area contributed by atoms with Gasteiger partial charge in [0.2, 0.25) is 0 Å². The number of nitrogens with zero attached hydrogens (tertiary/aromatic N) is 2. The molecule has 142 valence electrons. The molecule has 5 nitrogen and oxygen atoms in total. The second kappa shape index (κ2) is 8.71. The Morgan fingerprint density at radius 2 is 1.85 bits per heavy atom. The van der Waals surface area contributed by atoms with E-state index in [-0.39, 0.29) is 5.75 Å². The fourth-order valence-electron chi connectivity index (χ4n) is 2.99. The first-order valence-electron chi connectivity index (χ1n) is 8.52. The molecule has 3 rings (SSSR count). The summed E-state index contributed by atoms with van der Waals surface area (Å²) in [5.41, 5.74) is 0. The molecule has 2 aromatic rings. The number of methoxy groups -OCH3 is 1. The minimum absolute atomic E-state index is 0.126. The molecule has 1 saturated heterocycles. The topological polar surface area (TPSA) is 49.9 Å². The van der Waals surface area contributed by atoms with Crippen LogP contribution in [-0.4, -0.2) is 63.8 Å².